The van der Waals surface area contributed by atoms with Gasteiger partial charge >= 0.3 is 0 Å². The number of hydrogen-bond donors (Lipinski definition) is 1. The van der Waals surface area contributed by atoms with Crippen LogP contribution < -0.4 is 0 Å². The van der Waals surface area contributed by atoms with Gasteiger partial charge in [0, 0.05) is 5.56 Å². The van der Waals surface area contributed by atoms with Crippen LogP contribution in [0.4, 0.5) is 23.2 Å². The van der Waals surface area contributed by atoms with Crippen molar-refractivity contribution in [3.63, 3.8) is 0 Å². The fourth-order valence-corrected chi connectivity index (χ4v) is 1.43. The van der Waals surface area contributed by atoms with Crippen molar-refractivity contribution in [1.29, 1.82) is 0 Å². The van der Waals surface area contributed by atoms with Crippen molar-refractivity contribution in [3.05, 3.63) is 59.2 Å². The van der Waals surface area contributed by atoms with Crippen LogP contribution in [0.1, 0.15) is 10.4 Å². The van der Waals surface area contributed by atoms with E-state index in [1.54, 1.807) is 6.07 Å². The third-order valence-corrected chi connectivity index (χ3v) is 2.48. The average molecular weight is 298 g/mol. The third-order valence-electron chi connectivity index (χ3n) is 2.48. The van der Waals surface area contributed by atoms with Crippen LogP contribution in [-0.4, -0.2) is 11.0 Å². The number of hydrogen-bond acceptors (Lipinski definition) is 3. The first kappa shape index (κ1) is 14.6. The molecule has 2 aromatic carbocycles. The maximum absolute atomic E-state index is 13.4. The smallest absolute Gasteiger partial charge is 0.295 e. The second-order valence-electron chi connectivity index (χ2n) is 3.82. The van der Waals surface area contributed by atoms with E-state index in [-0.39, 0.29) is 5.56 Å². The number of amides is 1. The van der Waals surface area contributed by atoms with Crippen molar-refractivity contribution in [2.75, 3.05) is 0 Å². The Morgan fingerprint density at radius 2 is 1.52 bits per heavy atom. The second-order valence-corrected chi connectivity index (χ2v) is 3.82. The van der Waals surface area contributed by atoms with Crippen LogP contribution >= 0.6 is 0 Å². The Morgan fingerprint density at radius 1 is 0.905 bits per heavy atom. The summed E-state index contributed by atoms with van der Waals surface area (Å²) in [6.07, 6.45) is 0. The van der Waals surface area contributed by atoms with E-state index >= 15 is 0 Å². The number of halogens is 4. The molecule has 21 heavy (non-hydrogen) atoms. The van der Waals surface area contributed by atoms with Gasteiger partial charge in [-0.25, -0.2) is 13.2 Å². The van der Waals surface area contributed by atoms with Crippen molar-refractivity contribution in [2.45, 2.75) is 0 Å². The molecular weight excluding hydrogens is 292 g/mol. The Hall–Kier alpha value is -2.77. The number of carbonyl (C=O) groups excluding carboxylic acids is 1. The van der Waals surface area contributed by atoms with Crippen LogP contribution in [-0.2, 0) is 0 Å². The lowest BCUT2D eigenvalue weighted by Gasteiger charge is -2.03. The highest BCUT2D eigenvalue weighted by atomic mass is 19.2. The van der Waals surface area contributed by atoms with Crippen molar-refractivity contribution in [3.8, 4) is 5.75 Å². The average Bonchev–Trinajstić information content (AvgIpc) is 2.51. The molecule has 0 unspecified atom stereocenters. The van der Waals surface area contributed by atoms with Crippen molar-refractivity contribution < 1.29 is 27.5 Å². The maximum atomic E-state index is 13.4. The SMILES string of the molecule is O=C(N=Nc1c(F)c(O)c(F)c(F)c1F)c1ccccc1. The summed E-state index contributed by atoms with van der Waals surface area (Å²) in [6.45, 7) is 0. The van der Waals surface area contributed by atoms with Gasteiger partial charge in [0.15, 0.2) is 23.1 Å². The first-order valence-corrected chi connectivity index (χ1v) is 5.49. The molecule has 2 rings (SSSR count). The molecule has 0 radical (unpaired) electrons. The van der Waals surface area contributed by atoms with Gasteiger partial charge in [0.1, 0.15) is 0 Å². The normalized spacial score (nSPS) is 11.0. The minimum atomic E-state index is -2.12. The van der Waals surface area contributed by atoms with Gasteiger partial charge in [-0.05, 0) is 12.1 Å². The van der Waals surface area contributed by atoms with Crippen LogP contribution in [0.5, 0.6) is 5.75 Å². The highest BCUT2D eigenvalue weighted by molar-refractivity contribution is 5.94. The Bertz CT molecular complexity index is 704. The zero-order valence-electron chi connectivity index (χ0n) is 10.1. The molecule has 0 aliphatic carbocycles. The van der Waals surface area contributed by atoms with Gasteiger partial charge in [-0.15, -0.1) is 10.2 Å². The topological polar surface area (TPSA) is 62.0 Å². The summed E-state index contributed by atoms with van der Waals surface area (Å²) in [6, 6.07) is 7.41. The van der Waals surface area contributed by atoms with Crippen LogP contribution in [0.15, 0.2) is 40.6 Å². The molecule has 4 nitrogen and oxygen atoms in total. The predicted octanol–water partition coefficient (Wildman–Crippen LogP) is 3.87. The van der Waals surface area contributed by atoms with E-state index in [0.29, 0.717) is 0 Å². The van der Waals surface area contributed by atoms with Crippen molar-refractivity contribution in [1.82, 2.24) is 0 Å². The minimum absolute atomic E-state index is 0.0777. The first-order valence-electron chi connectivity index (χ1n) is 5.49. The van der Waals surface area contributed by atoms with Crippen LogP contribution in [0.2, 0.25) is 0 Å². The highest BCUT2D eigenvalue weighted by Gasteiger charge is 2.25. The minimum Gasteiger partial charge on any atom is -0.503 e. The van der Waals surface area contributed by atoms with Crippen molar-refractivity contribution >= 4 is 11.6 Å². The number of aromatic hydroxyl groups is 1. The Kier molecular flexibility index (Phi) is 3.97. The lowest BCUT2D eigenvalue weighted by Crippen LogP contribution is -1.97. The summed E-state index contributed by atoms with van der Waals surface area (Å²) >= 11 is 0. The molecule has 2 aromatic rings. The van der Waals surface area contributed by atoms with E-state index in [9.17, 15) is 22.4 Å². The fraction of sp³-hybridized carbons (Fsp3) is 0. The Morgan fingerprint density at radius 3 is 2.14 bits per heavy atom. The van der Waals surface area contributed by atoms with E-state index < -0.39 is 40.6 Å². The van der Waals surface area contributed by atoms with Gasteiger partial charge < -0.3 is 5.11 Å². The lowest BCUT2D eigenvalue weighted by atomic mass is 10.2. The maximum Gasteiger partial charge on any atom is 0.295 e. The molecule has 0 atom stereocenters. The summed E-state index contributed by atoms with van der Waals surface area (Å²) in [7, 11) is 0. The summed E-state index contributed by atoms with van der Waals surface area (Å²) in [5, 5.41) is 14.8. The number of phenolic OH excluding ortho intramolecular Hbond substituents is 1. The molecule has 0 saturated heterocycles. The molecule has 1 N–H and O–H groups in total. The quantitative estimate of drug-likeness (QED) is 0.396. The molecule has 0 fully saturated rings. The molecule has 0 spiro atoms. The zero-order valence-corrected chi connectivity index (χ0v) is 10.1. The van der Waals surface area contributed by atoms with E-state index in [4.69, 9.17) is 5.11 Å². The molecular formula is C13H6F4N2O2. The van der Waals surface area contributed by atoms with Crippen LogP contribution in [0.3, 0.4) is 0 Å². The summed E-state index contributed by atoms with van der Waals surface area (Å²) in [5.74, 6) is -10.7. The van der Waals surface area contributed by atoms with E-state index in [1.807, 2.05) is 0 Å². The second kappa shape index (κ2) is 5.70. The van der Waals surface area contributed by atoms with Crippen LogP contribution in [0.25, 0.3) is 0 Å². The number of nitrogens with zero attached hydrogens (tertiary/aromatic N) is 2. The first-order chi connectivity index (χ1) is 9.93. The number of rotatable bonds is 2. The molecule has 0 aliphatic rings. The highest BCUT2D eigenvalue weighted by Crippen LogP contribution is 2.34. The molecule has 0 saturated carbocycles. The fourth-order valence-electron chi connectivity index (χ4n) is 1.43. The monoisotopic (exact) mass is 298 g/mol. The number of benzene rings is 2. The summed E-state index contributed by atoms with van der Waals surface area (Å²) < 4.78 is 52.6. The summed E-state index contributed by atoms with van der Waals surface area (Å²) in [4.78, 5) is 11.5. The lowest BCUT2D eigenvalue weighted by molar-refractivity contribution is 0.0995. The summed E-state index contributed by atoms with van der Waals surface area (Å²) in [5.41, 5.74) is -1.32. The predicted molar refractivity (Wildman–Crippen MR) is 63.2 cm³/mol. The Balaban J connectivity index is 2.41. The van der Waals surface area contributed by atoms with Gasteiger partial charge in [-0.1, -0.05) is 18.2 Å². The van der Waals surface area contributed by atoms with E-state index in [2.05, 4.69) is 10.2 Å². The molecule has 0 bridgehead atoms. The van der Waals surface area contributed by atoms with Crippen molar-refractivity contribution in [2.24, 2.45) is 10.2 Å². The molecule has 0 aliphatic heterocycles. The molecule has 0 aromatic heterocycles. The molecule has 1 amide bonds. The van der Waals surface area contributed by atoms with Gasteiger partial charge in [0.2, 0.25) is 11.6 Å². The van der Waals surface area contributed by atoms with Gasteiger partial charge in [-0.2, -0.15) is 4.39 Å². The van der Waals surface area contributed by atoms with E-state index in [0.717, 1.165) is 0 Å². The van der Waals surface area contributed by atoms with Gasteiger partial charge in [0.25, 0.3) is 5.91 Å². The van der Waals surface area contributed by atoms with Gasteiger partial charge in [0.05, 0.1) is 0 Å². The molecule has 108 valence electrons. The van der Waals surface area contributed by atoms with Crippen LogP contribution in [0, 0.1) is 23.3 Å². The standard InChI is InChI=1S/C13H6F4N2O2/c14-7-8(15)11(10(17)12(20)9(7)16)18-19-13(21)6-4-2-1-3-5-6/h1-5,20H. The number of carbonyl (C=O) groups is 1. The Labute approximate surface area is 115 Å². The molecule has 0 heterocycles. The van der Waals surface area contributed by atoms with E-state index in [1.165, 1.54) is 24.3 Å². The number of phenols is 1. The van der Waals surface area contributed by atoms with Gasteiger partial charge in [-0.3, -0.25) is 4.79 Å². The third kappa shape index (κ3) is 2.73. The molecule has 8 heteroatoms. The zero-order chi connectivity index (χ0) is 15.6. The largest absolute Gasteiger partial charge is 0.503 e. The number of azo groups is 1.